The van der Waals surface area contributed by atoms with E-state index < -0.39 is 5.97 Å². The second-order valence-corrected chi connectivity index (χ2v) is 4.89. The molecule has 0 bridgehead atoms. The van der Waals surface area contributed by atoms with Crippen LogP contribution in [0.3, 0.4) is 0 Å². The van der Waals surface area contributed by atoms with E-state index in [1.54, 1.807) is 29.2 Å². The van der Waals surface area contributed by atoms with Gasteiger partial charge in [-0.2, -0.15) is 0 Å². The normalized spacial score (nSPS) is 18.9. The number of hydrogen-bond acceptors (Lipinski definition) is 2. The standard InChI is InChI=1S/C13H14ClNO3/c14-11-4-2-1-3-10(11)13(18)15-6-5-9(8-15)7-12(16)17/h1-4,9H,5-8H2,(H,16,17). The zero-order chi connectivity index (χ0) is 13.1. The first-order valence-electron chi connectivity index (χ1n) is 5.83. The van der Waals surface area contributed by atoms with Crippen LogP contribution in [-0.4, -0.2) is 35.0 Å². The van der Waals surface area contributed by atoms with Crippen molar-refractivity contribution in [3.63, 3.8) is 0 Å². The predicted octanol–water partition coefficient (Wildman–Crippen LogP) is 2.28. The lowest BCUT2D eigenvalue weighted by atomic mass is 10.1. The molecule has 96 valence electrons. The monoisotopic (exact) mass is 267 g/mol. The zero-order valence-corrected chi connectivity index (χ0v) is 10.6. The number of amides is 1. The van der Waals surface area contributed by atoms with Crippen molar-refractivity contribution in [2.75, 3.05) is 13.1 Å². The summed E-state index contributed by atoms with van der Waals surface area (Å²) in [4.78, 5) is 24.5. The minimum absolute atomic E-state index is 0.0499. The smallest absolute Gasteiger partial charge is 0.303 e. The molecule has 4 nitrogen and oxygen atoms in total. The third-order valence-corrected chi connectivity index (χ3v) is 3.47. The van der Waals surface area contributed by atoms with Crippen LogP contribution in [0.5, 0.6) is 0 Å². The molecule has 1 heterocycles. The molecule has 5 heteroatoms. The van der Waals surface area contributed by atoms with Crippen molar-refractivity contribution in [1.82, 2.24) is 4.90 Å². The fraction of sp³-hybridized carbons (Fsp3) is 0.385. The summed E-state index contributed by atoms with van der Waals surface area (Å²) in [5.41, 5.74) is 0.482. The number of aliphatic carboxylic acids is 1. The topological polar surface area (TPSA) is 57.6 Å². The Labute approximate surface area is 110 Å². The fourth-order valence-electron chi connectivity index (χ4n) is 2.24. The quantitative estimate of drug-likeness (QED) is 0.914. The number of benzene rings is 1. The van der Waals surface area contributed by atoms with E-state index in [4.69, 9.17) is 16.7 Å². The number of carboxylic acid groups (broad SMARTS) is 1. The molecule has 0 saturated carbocycles. The maximum Gasteiger partial charge on any atom is 0.303 e. The minimum Gasteiger partial charge on any atom is -0.481 e. The molecule has 1 atom stereocenters. The Bertz CT molecular complexity index is 475. The van der Waals surface area contributed by atoms with Gasteiger partial charge in [0.05, 0.1) is 10.6 Å². The van der Waals surface area contributed by atoms with Gasteiger partial charge in [-0.1, -0.05) is 23.7 Å². The van der Waals surface area contributed by atoms with Crippen molar-refractivity contribution in [2.45, 2.75) is 12.8 Å². The highest BCUT2D eigenvalue weighted by Gasteiger charge is 2.28. The molecular weight excluding hydrogens is 254 g/mol. The first-order valence-corrected chi connectivity index (χ1v) is 6.21. The maximum absolute atomic E-state index is 12.2. The van der Waals surface area contributed by atoms with E-state index >= 15 is 0 Å². The van der Waals surface area contributed by atoms with Crippen molar-refractivity contribution in [2.24, 2.45) is 5.92 Å². The van der Waals surface area contributed by atoms with Gasteiger partial charge in [-0.05, 0) is 24.5 Å². The highest BCUT2D eigenvalue weighted by molar-refractivity contribution is 6.33. The summed E-state index contributed by atoms with van der Waals surface area (Å²) in [6.45, 7) is 1.10. The van der Waals surface area contributed by atoms with Crippen molar-refractivity contribution in [1.29, 1.82) is 0 Å². The lowest BCUT2D eigenvalue weighted by Gasteiger charge is -2.16. The Balaban J connectivity index is 2.04. The van der Waals surface area contributed by atoms with Crippen LogP contribution < -0.4 is 0 Å². The molecule has 1 unspecified atom stereocenters. The van der Waals surface area contributed by atoms with E-state index in [0.717, 1.165) is 6.42 Å². The minimum atomic E-state index is -0.813. The number of carbonyl (C=O) groups is 2. The molecule has 2 rings (SSSR count). The second kappa shape index (κ2) is 5.40. The van der Waals surface area contributed by atoms with Crippen LogP contribution in [0.15, 0.2) is 24.3 Å². The molecule has 1 aliphatic rings. The summed E-state index contributed by atoms with van der Waals surface area (Å²) in [5.74, 6) is -0.880. The van der Waals surface area contributed by atoms with E-state index in [0.29, 0.717) is 23.7 Å². The van der Waals surface area contributed by atoms with Crippen molar-refractivity contribution in [3.8, 4) is 0 Å². The highest BCUT2D eigenvalue weighted by Crippen LogP contribution is 2.24. The predicted molar refractivity (Wildman–Crippen MR) is 67.7 cm³/mol. The number of carbonyl (C=O) groups excluding carboxylic acids is 1. The van der Waals surface area contributed by atoms with Gasteiger partial charge in [0.1, 0.15) is 0 Å². The van der Waals surface area contributed by atoms with E-state index in [1.165, 1.54) is 0 Å². The summed E-state index contributed by atoms with van der Waals surface area (Å²) in [6, 6.07) is 6.91. The Kier molecular flexibility index (Phi) is 3.87. The van der Waals surface area contributed by atoms with Gasteiger partial charge in [0.25, 0.3) is 5.91 Å². The highest BCUT2D eigenvalue weighted by atomic mass is 35.5. The van der Waals surface area contributed by atoms with E-state index in [9.17, 15) is 9.59 Å². The van der Waals surface area contributed by atoms with Gasteiger partial charge >= 0.3 is 5.97 Å². The van der Waals surface area contributed by atoms with Gasteiger partial charge in [-0.15, -0.1) is 0 Å². The van der Waals surface area contributed by atoms with Crippen molar-refractivity contribution in [3.05, 3.63) is 34.9 Å². The van der Waals surface area contributed by atoms with Crippen LogP contribution in [0.2, 0.25) is 5.02 Å². The van der Waals surface area contributed by atoms with Gasteiger partial charge < -0.3 is 10.0 Å². The Morgan fingerprint density at radius 2 is 2.11 bits per heavy atom. The second-order valence-electron chi connectivity index (χ2n) is 4.48. The third kappa shape index (κ3) is 2.82. The summed E-state index contributed by atoms with van der Waals surface area (Å²) >= 11 is 5.98. The molecule has 0 spiro atoms. The first kappa shape index (κ1) is 12.9. The van der Waals surface area contributed by atoms with Crippen LogP contribution in [-0.2, 0) is 4.79 Å². The Morgan fingerprint density at radius 1 is 1.39 bits per heavy atom. The molecule has 0 aliphatic carbocycles. The van der Waals surface area contributed by atoms with Crippen LogP contribution in [0.25, 0.3) is 0 Å². The molecule has 1 N–H and O–H groups in total. The zero-order valence-electron chi connectivity index (χ0n) is 9.80. The van der Waals surface area contributed by atoms with Gasteiger partial charge in [0, 0.05) is 19.5 Å². The maximum atomic E-state index is 12.2. The molecular formula is C13H14ClNO3. The number of carboxylic acids is 1. The average Bonchev–Trinajstić information content (AvgIpc) is 2.76. The van der Waals surface area contributed by atoms with Gasteiger partial charge in [0.2, 0.25) is 0 Å². The Hall–Kier alpha value is -1.55. The Morgan fingerprint density at radius 3 is 2.78 bits per heavy atom. The lowest BCUT2D eigenvalue weighted by Crippen LogP contribution is -2.29. The molecule has 0 aromatic heterocycles. The summed E-state index contributed by atoms with van der Waals surface area (Å²) in [7, 11) is 0. The number of likely N-dealkylation sites (tertiary alicyclic amines) is 1. The molecule has 0 radical (unpaired) electrons. The fourth-order valence-corrected chi connectivity index (χ4v) is 2.45. The van der Waals surface area contributed by atoms with Crippen molar-refractivity contribution < 1.29 is 14.7 Å². The van der Waals surface area contributed by atoms with Crippen LogP contribution in [0.1, 0.15) is 23.2 Å². The molecule has 1 aromatic rings. The number of hydrogen-bond donors (Lipinski definition) is 1. The molecule has 18 heavy (non-hydrogen) atoms. The molecule has 1 saturated heterocycles. The van der Waals surface area contributed by atoms with Crippen LogP contribution >= 0.6 is 11.6 Å². The summed E-state index contributed by atoms with van der Waals surface area (Å²) in [6.07, 6.45) is 0.856. The van der Waals surface area contributed by atoms with E-state index in [-0.39, 0.29) is 18.2 Å². The van der Waals surface area contributed by atoms with E-state index in [1.807, 2.05) is 0 Å². The van der Waals surface area contributed by atoms with E-state index in [2.05, 4.69) is 0 Å². The summed E-state index contributed by atoms with van der Waals surface area (Å²) in [5, 5.41) is 9.17. The average molecular weight is 268 g/mol. The van der Waals surface area contributed by atoms with Gasteiger partial charge in [-0.25, -0.2) is 0 Å². The van der Waals surface area contributed by atoms with Crippen molar-refractivity contribution >= 4 is 23.5 Å². The third-order valence-electron chi connectivity index (χ3n) is 3.14. The summed E-state index contributed by atoms with van der Waals surface area (Å²) < 4.78 is 0. The first-order chi connectivity index (χ1) is 8.58. The molecule has 1 aliphatic heterocycles. The van der Waals surface area contributed by atoms with Gasteiger partial charge in [-0.3, -0.25) is 9.59 Å². The largest absolute Gasteiger partial charge is 0.481 e. The number of nitrogens with zero attached hydrogens (tertiary/aromatic N) is 1. The molecule has 1 aromatic carbocycles. The molecule has 1 amide bonds. The van der Waals surface area contributed by atoms with Crippen LogP contribution in [0, 0.1) is 5.92 Å². The van der Waals surface area contributed by atoms with Gasteiger partial charge in [0.15, 0.2) is 0 Å². The molecule has 1 fully saturated rings. The number of rotatable bonds is 3. The number of halogens is 1. The lowest BCUT2D eigenvalue weighted by molar-refractivity contribution is -0.138. The SMILES string of the molecule is O=C(O)CC1CCN(C(=O)c2ccccc2Cl)C1. The van der Waals surface area contributed by atoms with Crippen LogP contribution in [0.4, 0.5) is 0 Å².